The van der Waals surface area contributed by atoms with Crippen LogP contribution in [0.3, 0.4) is 0 Å². The zero-order chi connectivity index (χ0) is 13.0. The highest BCUT2D eigenvalue weighted by Crippen LogP contribution is 2.33. The summed E-state index contributed by atoms with van der Waals surface area (Å²) in [5, 5.41) is 3.44. The Morgan fingerprint density at radius 2 is 2.16 bits per heavy atom. The molecule has 1 fully saturated rings. The Morgan fingerprint density at radius 1 is 1.47 bits per heavy atom. The van der Waals surface area contributed by atoms with Gasteiger partial charge in [-0.1, -0.05) is 18.5 Å². The molecule has 0 aliphatic carbocycles. The molecule has 0 bridgehead atoms. The predicted octanol–water partition coefficient (Wildman–Crippen LogP) is 4.55. The zero-order valence-electron chi connectivity index (χ0n) is 11.1. The number of nitrogens with zero attached hydrogens (tertiary/aromatic N) is 1. The van der Waals surface area contributed by atoms with Crippen molar-refractivity contribution < 1.29 is 0 Å². The lowest BCUT2D eigenvalue weighted by atomic mass is 10.0. The molecule has 0 atom stereocenters. The molecule has 1 N–H and O–H groups in total. The topological polar surface area (TPSA) is 15.3 Å². The van der Waals surface area contributed by atoms with E-state index in [0.717, 1.165) is 34.5 Å². The summed E-state index contributed by atoms with van der Waals surface area (Å²) in [5.74, 6) is 0. The minimum atomic E-state index is 0. The SMILES string of the molecule is CCCN(Cc1cc(Br)c(Cl)s1)C1CCNCC1.Cl. The van der Waals surface area contributed by atoms with Crippen LogP contribution in [0.1, 0.15) is 31.1 Å². The average molecular weight is 388 g/mol. The highest BCUT2D eigenvalue weighted by molar-refractivity contribution is 9.10. The molecule has 2 nitrogen and oxygen atoms in total. The van der Waals surface area contributed by atoms with E-state index in [1.807, 2.05) is 0 Å². The van der Waals surface area contributed by atoms with Crippen molar-refractivity contribution in [3.63, 3.8) is 0 Å². The molecule has 0 amide bonds. The van der Waals surface area contributed by atoms with Gasteiger partial charge in [0.1, 0.15) is 4.34 Å². The molecule has 0 spiro atoms. The maximum atomic E-state index is 6.12. The number of hydrogen-bond acceptors (Lipinski definition) is 3. The molecule has 1 aromatic heterocycles. The molecule has 2 heterocycles. The van der Waals surface area contributed by atoms with Crippen molar-refractivity contribution >= 4 is 51.3 Å². The lowest BCUT2D eigenvalue weighted by Gasteiger charge is -2.34. The standard InChI is InChI=1S/C13H20BrClN2S.ClH/c1-2-7-17(10-3-5-16-6-4-10)9-11-8-12(14)13(15)18-11;/h8,10,16H,2-7,9H2,1H3;1H. The van der Waals surface area contributed by atoms with Crippen LogP contribution in [0.25, 0.3) is 0 Å². The van der Waals surface area contributed by atoms with Crippen LogP contribution in [-0.4, -0.2) is 30.6 Å². The van der Waals surface area contributed by atoms with Crippen LogP contribution in [0, 0.1) is 0 Å². The minimum absolute atomic E-state index is 0. The Hall–Kier alpha value is 0.680. The fourth-order valence-corrected chi connectivity index (χ4v) is 4.34. The highest BCUT2D eigenvalue weighted by Gasteiger charge is 2.21. The molecule has 0 radical (unpaired) electrons. The quantitative estimate of drug-likeness (QED) is 0.797. The lowest BCUT2D eigenvalue weighted by Crippen LogP contribution is -2.42. The smallest absolute Gasteiger partial charge is 0.107 e. The first kappa shape index (κ1) is 17.7. The van der Waals surface area contributed by atoms with Crippen LogP contribution < -0.4 is 5.32 Å². The van der Waals surface area contributed by atoms with Crippen molar-refractivity contribution in [3.8, 4) is 0 Å². The third-order valence-electron chi connectivity index (χ3n) is 3.39. The van der Waals surface area contributed by atoms with Gasteiger partial charge in [-0.3, -0.25) is 4.90 Å². The third kappa shape index (κ3) is 5.18. The fraction of sp³-hybridized carbons (Fsp3) is 0.692. The first-order valence-electron chi connectivity index (χ1n) is 6.59. The number of rotatable bonds is 5. The second kappa shape index (κ2) is 8.85. The first-order chi connectivity index (χ1) is 8.70. The van der Waals surface area contributed by atoms with E-state index in [1.165, 1.54) is 30.7 Å². The van der Waals surface area contributed by atoms with Gasteiger partial charge in [0, 0.05) is 21.9 Å². The number of thiophene rings is 1. The van der Waals surface area contributed by atoms with Gasteiger partial charge < -0.3 is 5.32 Å². The number of hydrogen-bond donors (Lipinski definition) is 1. The Kier molecular flexibility index (Phi) is 8.26. The van der Waals surface area contributed by atoms with Gasteiger partial charge in [-0.25, -0.2) is 0 Å². The van der Waals surface area contributed by atoms with E-state index in [1.54, 1.807) is 11.3 Å². The number of halogens is 3. The van der Waals surface area contributed by atoms with E-state index < -0.39 is 0 Å². The minimum Gasteiger partial charge on any atom is -0.317 e. The lowest BCUT2D eigenvalue weighted by molar-refractivity contribution is 0.155. The Labute approximate surface area is 139 Å². The van der Waals surface area contributed by atoms with Gasteiger partial charge in [0.05, 0.1) is 0 Å². The molecule has 0 unspecified atom stereocenters. The summed E-state index contributed by atoms with van der Waals surface area (Å²) in [4.78, 5) is 3.98. The molecule has 1 aromatic rings. The maximum Gasteiger partial charge on any atom is 0.107 e. The summed E-state index contributed by atoms with van der Waals surface area (Å²) in [6.45, 7) is 6.78. The number of nitrogens with one attached hydrogen (secondary N) is 1. The van der Waals surface area contributed by atoms with Crippen LogP contribution in [0.2, 0.25) is 4.34 Å². The fourth-order valence-electron chi connectivity index (χ4n) is 2.52. The number of piperidine rings is 1. The first-order valence-corrected chi connectivity index (χ1v) is 8.58. The highest BCUT2D eigenvalue weighted by atomic mass is 79.9. The van der Waals surface area contributed by atoms with Gasteiger partial charge >= 0.3 is 0 Å². The summed E-state index contributed by atoms with van der Waals surface area (Å²) in [7, 11) is 0. The normalized spacial score (nSPS) is 16.6. The van der Waals surface area contributed by atoms with Gasteiger partial charge in [0.15, 0.2) is 0 Å². The molecular formula is C13H21BrCl2N2S. The summed E-state index contributed by atoms with van der Waals surface area (Å²) in [5.41, 5.74) is 0. The molecule has 1 saturated heterocycles. The molecule has 1 aliphatic heterocycles. The monoisotopic (exact) mass is 386 g/mol. The van der Waals surface area contributed by atoms with Gasteiger partial charge in [-0.05, 0) is 60.9 Å². The summed E-state index contributed by atoms with van der Waals surface area (Å²) >= 11 is 11.3. The van der Waals surface area contributed by atoms with Crippen molar-refractivity contribution in [1.29, 1.82) is 0 Å². The van der Waals surface area contributed by atoms with E-state index in [0.29, 0.717) is 0 Å². The van der Waals surface area contributed by atoms with E-state index in [2.05, 4.69) is 39.1 Å². The maximum absolute atomic E-state index is 6.12. The van der Waals surface area contributed by atoms with Crippen molar-refractivity contribution in [2.75, 3.05) is 19.6 Å². The second-order valence-corrected chi connectivity index (χ2v) is 7.38. The van der Waals surface area contributed by atoms with Gasteiger partial charge in [-0.15, -0.1) is 23.7 Å². The Morgan fingerprint density at radius 3 is 2.68 bits per heavy atom. The van der Waals surface area contributed by atoms with E-state index in [4.69, 9.17) is 11.6 Å². The molecule has 1 aliphatic rings. The van der Waals surface area contributed by atoms with Gasteiger partial charge in [-0.2, -0.15) is 0 Å². The van der Waals surface area contributed by atoms with Gasteiger partial charge in [0.25, 0.3) is 0 Å². The Balaban J connectivity index is 0.00000180. The second-order valence-electron chi connectivity index (χ2n) is 4.79. The molecule has 0 aromatic carbocycles. The van der Waals surface area contributed by atoms with E-state index in [9.17, 15) is 0 Å². The average Bonchev–Trinajstić information content (AvgIpc) is 2.69. The summed E-state index contributed by atoms with van der Waals surface area (Å²) in [6, 6.07) is 2.89. The summed E-state index contributed by atoms with van der Waals surface area (Å²) in [6.07, 6.45) is 3.74. The molecule has 0 saturated carbocycles. The molecule has 19 heavy (non-hydrogen) atoms. The third-order valence-corrected chi connectivity index (χ3v) is 5.85. The largest absolute Gasteiger partial charge is 0.317 e. The van der Waals surface area contributed by atoms with Crippen LogP contribution in [0.5, 0.6) is 0 Å². The zero-order valence-corrected chi connectivity index (χ0v) is 15.1. The molecule has 2 rings (SSSR count). The van der Waals surface area contributed by atoms with Crippen LogP contribution >= 0.6 is 51.3 Å². The van der Waals surface area contributed by atoms with E-state index >= 15 is 0 Å². The van der Waals surface area contributed by atoms with Crippen molar-refractivity contribution in [1.82, 2.24) is 10.2 Å². The van der Waals surface area contributed by atoms with Crippen LogP contribution in [-0.2, 0) is 6.54 Å². The summed E-state index contributed by atoms with van der Waals surface area (Å²) < 4.78 is 1.90. The molecule has 6 heteroatoms. The van der Waals surface area contributed by atoms with Crippen molar-refractivity contribution in [2.45, 2.75) is 38.8 Å². The van der Waals surface area contributed by atoms with Crippen LogP contribution in [0.15, 0.2) is 10.5 Å². The molecule has 110 valence electrons. The van der Waals surface area contributed by atoms with Gasteiger partial charge in [0.2, 0.25) is 0 Å². The predicted molar refractivity (Wildman–Crippen MR) is 90.9 cm³/mol. The molecular weight excluding hydrogens is 367 g/mol. The van der Waals surface area contributed by atoms with Crippen molar-refractivity contribution in [2.24, 2.45) is 0 Å². The van der Waals surface area contributed by atoms with E-state index in [-0.39, 0.29) is 12.4 Å². The Bertz CT molecular complexity index is 361. The van der Waals surface area contributed by atoms with Crippen molar-refractivity contribution in [3.05, 3.63) is 19.8 Å². The van der Waals surface area contributed by atoms with Crippen LogP contribution in [0.4, 0.5) is 0 Å².